The van der Waals surface area contributed by atoms with E-state index in [1.165, 1.54) is 148 Å². The summed E-state index contributed by atoms with van der Waals surface area (Å²) in [5, 5.41) is 0. The summed E-state index contributed by atoms with van der Waals surface area (Å²) in [5.74, 6) is 0.739. The third-order valence-electron chi connectivity index (χ3n) is 10.7. The Labute approximate surface area is 336 Å². The average Bonchev–Trinajstić information content (AvgIpc) is 3.14. The van der Waals surface area contributed by atoms with Crippen molar-refractivity contribution in [1.82, 2.24) is 0 Å². The molecule has 0 aromatic carbocycles. The Kier molecular flexibility index (Phi) is 39.8. The van der Waals surface area contributed by atoms with Gasteiger partial charge in [0.2, 0.25) is 0 Å². The number of carbonyl (C=O) groups excluding carboxylic acids is 3. The van der Waals surface area contributed by atoms with Gasteiger partial charge >= 0.3 is 17.9 Å². The van der Waals surface area contributed by atoms with Gasteiger partial charge < -0.3 is 14.2 Å². The van der Waals surface area contributed by atoms with Crippen LogP contribution in [-0.4, -0.2) is 37.2 Å². The van der Waals surface area contributed by atoms with Crippen molar-refractivity contribution in [2.24, 2.45) is 11.8 Å². The maximum Gasteiger partial charge on any atom is 0.306 e. The first-order valence-corrected chi connectivity index (χ1v) is 23.7. The van der Waals surface area contributed by atoms with Crippen LogP contribution in [0.15, 0.2) is 0 Å². The van der Waals surface area contributed by atoms with E-state index in [-0.39, 0.29) is 31.1 Å². The van der Waals surface area contributed by atoms with Gasteiger partial charge in [-0.1, -0.05) is 221 Å². The molecule has 320 valence electrons. The van der Waals surface area contributed by atoms with E-state index in [0.29, 0.717) is 19.3 Å². The maximum absolute atomic E-state index is 12.7. The Bertz CT molecular complexity index is 824. The Morgan fingerprint density at radius 2 is 0.611 bits per heavy atom. The van der Waals surface area contributed by atoms with Gasteiger partial charge in [0.25, 0.3) is 0 Å². The Hall–Kier alpha value is -1.59. The highest BCUT2D eigenvalue weighted by Gasteiger charge is 2.19. The van der Waals surface area contributed by atoms with Gasteiger partial charge in [-0.2, -0.15) is 0 Å². The summed E-state index contributed by atoms with van der Waals surface area (Å²) in [6, 6.07) is 0. The number of esters is 3. The van der Waals surface area contributed by atoms with E-state index in [9.17, 15) is 14.4 Å². The summed E-state index contributed by atoms with van der Waals surface area (Å²) in [6.07, 6.45) is 39.6. The smallest absolute Gasteiger partial charge is 0.306 e. The zero-order valence-corrected chi connectivity index (χ0v) is 36.8. The Balaban J connectivity index is 4.26. The summed E-state index contributed by atoms with van der Waals surface area (Å²) in [4.78, 5) is 37.7. The van der Waals surface area contributed by atoms with E-state index in [0.717, 1.165) is 69.6 Å². The monoisotopic (exact) mass is 765 g/mol. The summed E-state index contributed by atoms with van der Waals surface area (Å²) < 4.78 is 16.7. The number of carbonyl (C=O) groups is 3. The average molecular weight is 765 g/mol. The lowest BCUT2D eigenvalue weighted by atomic mass is 10.0. The molecule has 6 heteroatoms. The van der Waals surface area contributed by atoms with Crippen LogP contribution in [0.1, 0.15) is 259 Å². The minimum absolute atomic E-state index is 0.0654. The SMILES string of the molecule is CCCCCCCCCCCCCC(=O)OC[C@H](COC(=O)CCCCCCCCCCCCCCCC(C)C)OC(=O)CCCCCCCCC(C)C. The fourth-order valence-corrected chi connectivity index (χ4v) is 7.11. The molecule has 1 atom stereocenters. The lowest BCUT2D eigenvalue weighted by Crippen LogP contribution is -2.30. The highest BCUT2D eigenvalue weighted by atomic mass is 16.6. The van der Waals surface area contributed by atoms with E-state index >= 15 is 0 Å². The number of ether oxygens (including phenoxy) is 3. The fourth-order valence-electron chi connectivity index (χ4n) is 7.11. The Morgan fingerprint density at radius 1 is 0.352 bits per heavy atom. The molecule has 0 amide bonds. The van der Waals surface area contributed by atoms with Gasteiger partial charge in [0.1, 0.15) is 13.2 Å². The molecule has 0 radical (unpaired) electrons. The predicted octanol–water partition coefficient (Wildman–Crippen LogP) is 15.0. The zero-order chi connectivity index (χ0) is 39.7. The van der Waals surface area contributed by atoms with Crippen molar-refractivity contribution in [2.45, 2.75) is 265 Å². The molecule has 0 unspecified atom stereocenters. The predicted molar refractivity (Wildman–Crippen MR) is 229 cm³/mol. The van der Waals surface area contributed by atoms with Gasteiger partial charge in [0.15, 0.2) is 6.10 Å². The van der Waals surface area contributed by atoms with Crippen molar-refractivity contribution >= 4 is 17.9 Å². The third-order valence-corrected chi connectivity index (χ3v) is 10.7. The summed E-state index contributed by atoms with van der Waals surface area (Å²) >= 11 is 0. The van der Waals surface area contributed by atoms with Crippen LogP contribution in [-0.2, 0) is 28.6 Å². The number of rotatable bonds is 42. The van der Waals surface area contributed by atoms with Gasteiger partial charge in [-0.3, -0.25) is 14.4 Å². The number of hydrogen-bond donors (Lipinski definition) is 0. The first-order valence-electron chi connectivity index (χ1n) is 23.7. The highest BCUT2D eigenvalue weighted by molar-refractivity contribution is 5.71. The van der Waals surface area contributed by atoms with Crippen molar-refractivity contribution in [3.05, 3.63) is 0 Å². The van der Waals surface area contributed by atoms with Crippen LogP contribution in [0.3, 0.4) is 0 Å². The van der Waals surface area contributed by atoms with Crippen LogP contribution in [0.4, 0.5) is 0 Å². The topological polar surface area (TPSA) is 78.9 Å². The minimum Gasteiger partial charge on any atom is -0.462 e. The second-order valence-electron chi connectivity index (χ2n) is 17.3. The van der Waals surface area contributed by atoms with Crippen LogP contribution in [0.2, 0.25) is 0 Å². The molecule has 0 heterocycles. The molecule has 0 aliphatic rings. The molecular formula is C48H92O6. The van der Waals surface area contributed by atoms with Gasteiger partial charge in [-0.05, 0) is 31.1 Å². The summed E-state index contributed by atoms with van der Waals surface area (Å²) in [7, 11) is 0. The summed E-state index contributed by atoms with van der Waals surface area (Å²) in [5.41, 5.74) is 0. The van der Waals surface area contributed by atoms with Crippen molar-refractivity contribution in [1.29, 1.82) is 0 Å². The molecule has 0 aromatic heterocycles. The van der Waals surface area contributed by atoms with E-state index in [4.69, 9.17) is 14.2 Å². The van der Waals surface area contributed by atoms with Gasteiger partial charge in [-0.25, -0.2) is 0 Å². The van der Waals surface area contributed by atoms with Crippen LogP contribution in [0, 0.1) is 11.8 Å². The van der Waals surface area contributed by atoms with Crippen molar-refractivity contribution < 1.29 is 28.6 Å². The molecule has 0 aliphatic carbocycles. The van der Waals surface area contributed by atoms with E-state index in [2.05, 4.69) is 34.6 Å². The molecule has 54 heavy (non-hydrogen) atoms. The zero-order valence-electron chi connectivity index (χ0n) is 36.8. The molecule has 0 aromatic rings. The minimum atomic E-state index is -0.761. The van der Waals surface area contributed by atoms with Crippen LogP contribution in [0.25, 0.3) is 0 Å². The third kappa shape index (κ3) is 41.6. The largest absolute Gasteiger partial charge is 0.462 e. The molecule has 0 rings (SSSR count). The molecule has 0 bridgehead atoms. The van der Waals surface area contributed by atoms with Crippen LogP contribution in [0.5, 0.6) is 0 Å². The lowest BCUT2D eigenvalue weighted by Gasteiger charge is -2.18. The maximum atomic E-state index is 12.7. The summed E-state index contributed by atoms with van der Waals surface area (Å²) in [6.45, 7) is 11.3. The molecule has 0 fully saturated rings. The van der Waals surface area contributed by atoms with E-state index < -0.39 is 6.10 Å². The van der Waals surface area contributed by atoms with Crippen LogP contribution < -0.4 is 0 Å². The van der Waals surface area contributed by atoms with Crippen molar-refractivity contribution in [3.8, 4) is 0 Å². The molecule has 0 saturated heterocycles. The first kappa shape index (κ1) is 52.4. The molecule has 0 spiro atoms. The standard InChI is InChI=1S/C48H92O6/c1-6-7-8-9-10-11-15-19-22-28-33-38-46(49)52-41-45(54-48(51)40-35-30-25-24-27-32-37-44(4)5)42-53-47(50)39-34-29-23-20-17-14-12-13-16-18-21-26-31-36-43(2)3/h43-45H,6-42H2,1-5H3/t45-/m1/s1. The van der Waals surface area contributed by atoms with Crippen LogP contribution >= 0.6 is 0 Å². The van der Waals surface area contributed by atoms with Gasteiger partial charge in [-0.15, -0.1) is 0 Å². The Morgan fingerprint density at radius 3 is 0.907 bits per heavy atom. The lowest BCUT2D eigenvalue weighted by molar-refractivity contribution is -0.167. The quantitative estimate of drug-likeness (QED) is 0.0350. The van der Waals surface area contributed by atoms with Gasteiger partial charge in [0.05, 0.1) is 0 Å². The second kappa shape index (κ2) is 41.1. The first-order chi connectivity index (χ1) is 26.2. The van der Waals surface area contributed by atoms with Crippen molar-refractivity contribution in [2.75, 3.05) is 13.2 Å². The molecule has 0 aliphatic heterocycles. The van der Waals surface area contributed by atoms with E-state index in [1.54, 1.807) is 0 Å². The fraction of sp³-hybridized carbons (Fsp3) is 0.938. The number of hydrogen-bond acceptors (Lipinski definition) is 6. The normalized spacial score (nSPS) is 12.1. The second-order valence-corrected chi connectivity index (χ2v) is 17.3. The molecule has 6 nitrogen and oxygen atoms in total. The van der Waals surface area contributed by atoms with Gasteiger partial charge in [0, 0.05) is 19.3 Å². The molecule has 0 N–H and O–H groups in total. The van der Waals surface area contributed by atoms with E-state index in [1.807, 2.05) is 0 Å². The number of unbranched alkanes of at least 4 members (excludes halogenated alkanes) is 27. The highest BCUT2D eigenvalue weighted by Crippen LogP contribution is 2.17. The molecule has 0 saturated carbocycles. The molecular weight excluding hydrogens is 673 g/mol. The van der Waals surface area contributed by atoms with Crippen molar-refractivity contribution in [3.63, 3.8) is 0 Å².